The monoisotopic (exact) mass is 824 g/mol. The smallest absolute Gasteiger partial charge is 0.145 e. The third kappa shape index (κ3) is 5.69. The van der Waals surface area contributed by atoms with Crippen LogP contribution in [0.2, 0.25) is 0 Å². The molecule has 0 saturated heterocycles. The van der Waals surface area contributed by atoms with E-state index in [1.165, 1.54) is 93.3 Å². The summed E-state index contributed by atoms with van der Waals surface area (Å²) in [4.78, 5) is 5.27. The Labute approximate surface area is 374 Å². The average Bonchev–Trinajstić information content (AvgIpc) is 3.93. The van der Waals surface area contributed by atoms with Crippen LogP contribution < -0.4 is 5.32 Å². The van der Waals surface area contributed by atoms with Crippen molar-refractivity contribution >= 4 is 33.3 Å². The first-order valence-electron chi connectivity index (χ1n) is 23.1. The molecule has 64 heavy (non-hydrogen) atoms. The lowest BCUT2D eigenvalue weighted by Crippen LogP contribution is -2.28. The molecule has 1 aromatic heterocycles. The number of hydrogen-bond donors (Lipinski definition) is 1. The molecule has 13 rings (SSSR count). The minimum Gasteiger partial charge on any atom is -0.456 e. The molecule has 3 heteroatoms. The van der Waals surface area contributed by atoms with E-state index in [-0.39, 0.29) is 17.0 Å². The fraction of sp³-hybridized carbons (Fsp3) is 0.164. The van der Waals surface area contributed by atoms with Gasteiger partial charge in [-0.3, -0.25) is 4.99 Å². The van der Waals surface area contributed by atoms with E-state index in [1.807, 2.05) is 12.1 Å². The quantitative estimate of drug-likeness (QED) is 0.188. The molecule has 308 valence electrons. The number of nitrogens with zero attached hydrogens (tertiary/aromatic N) is 1. The molecule has 3 nitrogen and oxygen atoms in total. The molecule has 0 radical (unpaired) electrons. The van der Waals surface area contributed by atoms with Gasteiger partial charge in [0.15, 0.2) is 0 Å². The summed E-state index contributed by atoms with van der Waals surface area (Å²) in [7, 11) is 0. The molecule has 4 aliphatic rings. The molecule has 1 saturated carbocycles. The van der Waals surface area contributed by atoms with Crippen LogP contribution in [0, 0.1) is 0 Å². The highest BCUT2D eigenvalue weighted by Crippen LogP contribution is 2.60. The van der Waals surface area contributed by atoms with Gasteiger partial charge in [0.25, 0.3) is 0 Å². The van der Waals surface area contributed by atoms with Gasteiger partial charge in [0, 0.05) is 32.9 Å². The zero-order valence-electron chi connectivity index (χ0n) is 36.3. The summed E-state index contributed by atoms with van der Waals surface area (Å²) in [6, 6.07) is 64.9. The van der Waals surface area contributed by atoms with E-state index >= 15 is 0 Å². The summed E-state index contributed by atoms with van der Waals surface area (Å²) in [5.74, 6) is 0. The minimum absolute atomic E-state index is 0.0291. The molecule has 1 atom stereocenters. The van der Waals surface area contributed by atoms with Crippen LogP contribution in [0.3, 0.4) is 0 Å². The lowest BCUT2D eigenvalue weighted by molar-refractivity contribution is 0.353. The van der Waals surface area contributed by atoms with Gasteiger partial charge in [-0.25, -0.2) is 0 Å². The van der Waals surface area contributed by atoms with Crippen molar-refractivity contribution < 1.29 is 4.42 Å². The standard InChI is InChI=1S/C61H48N2O/c1-60(2)51-20-9-7-18-45(51)49-36-54-50(35-53(49)60)48-33-43(27-29-52(48)61(54)30-11-4-12-31-61)42-17-13-16-41(32-42)38-22-24-39(25-23-38)55-37-56(63-59(62-55)40-14-5-3-6-15-40)44-26-28-47-46-19-8-10-21-57(46)64-58(47)34-44/h3,5-10,13-29,32-37,59,63H,4,11-12,30-31H2,1-2H3. The van der Waals surface area contributed by atoms with Gasteiger partial charge in [0.2, 0.25) is 0 Å². The summed E-state index contributed by atoms with van der Waals surface area (Å²) in [6.07, 6.45) is 8.31. The number of aliphatic imine (C=N–C) groups is 1. The van der Waals surface area contributed by atoms with Crippen LogP contribution in [0.25, 0.3) is 72.1 Å². The maximum absolute atomic E-state index is 6.30. The summed E-state index contributed by atoms with van der Waals surface area (Å²) in [5.41, 5.74) is 23.7. The van der Waals surface area contributed by atoms with Gasteiger partial charge < -0.3 is 9.73 Å². The first-order valence-corrected chi connectivity index (χ1v) is 23.1. The van der Waals surface area contributed by atoms with Crippen molar-refractivity contribution in [1.82, 2.24) is 5.32 Å². The van der Waals surface area contributed by atoms with Gasteiger partial charge in [-0.15, -0.1) is 0 Å². The van der Waals surface area contributed by atoms with Crippen molar-refractivity contribution in [1.29, 1.82) is 0 Å². The lowest BCUT2D eigenvalue weighted by atomic mass is 9.67. The van der Waals surface area contributed by atoms with E-state index < -0.39 is 0 Å². The summed E-state index contributed by atoms with van der Waals surface area (Å²) in [5, 5.41) is 5.99. The predicted octanol–water partition coefficient (Wildman–Crippen LogP) is 15.6. The number of hydrogen-bond acceptors (Lipinski definition) is 3. The second kappa shape index (κ2) is 14.1. The third-order valence-electron chi connectivity index (χ3n) is 15.1. The SMILES string of the molecule is CC1(C)c2ccccc2-c2cc3c(cc21)-c1cc(-c2cccc(-c4ccc(C5=NC(c6ccccc6)NC(c6ccc7c(c6)oc6ccccc67)=C5)cc4)c2)ccc1C31CCCCC1. The van der Waals surface area contributed by atoms with Crippen LogP contribution in [-0.2, 0) is 10.8 Å². The van der Waals surface area contributed by atoms with Crippen molar-refractivity contribution in [3.05, 3.63) is 221 Å². The molecular formula is C61H48N2O. The number of furan rings is 1. The Morgan fingerprint density at radius 3 is 1.98 bits per heavy atom. The first kappa shape index (κ1) is 37.3. The van der Waals surface area contributed by atoms with Crippen molar-refractivity contribution in [3.63, 3.8) is 0 Å². The van der Waals surface area contributed by atoms with Crippen LogP contribution in [0.15, 0.2) is 191 Å². The van der Waals surface area contributed by atoms with Crippen LogP contribution >= 0.6 is 0 Å². The molecule has 1 spiro atoms. The van der Waals surface area contributed by atoms with Crippen LogP contribution in [0.4, 0.5) is 0 Å². The molecule has 9 aromatic rings. The molecule has 1 aliphatic heterocycles. The van der Waals surface area contributed by atoms with E-state index in [2.05, 4.69) is 189 Å². The van der Waals surface area contributed by atoms with Gasteiger partial charge >= 0.3 is 0 Å². The Balaban J connectivity index is 0.845. The second-order valence-corrected chi connectivity index (χ2v) is 19.0. The molecule has 1 unspecified atom stereocenters. The lowest BCUT2D eigenvalue weighted by Gasteiger charge is -2.36. The van der Waals surface area contributed by atoms with Crippen molar-refractivity contribution in [2.24, 2.45) is 4.99 Å². The molecule has 0 bridgehead atoms. The summed E-state index contributed by atoms with van der Waals surface area (Å²) >= 11 is 0. The van der Waals surface area contributed by atoms with Crippen molar-refractivity contribution in [3.8, 4) is 44.5 Å². The second-order valence-electron chi connectivity index (χ2n) is 19.0. The van der Waals surface area contributed by atoms with Gasteiger partial charge in [-0.05, 0) is 139 Å². The molecule has 8 aromatic carbocycles. The van der Waals surface area contributed by atoms with Crippen LogP contribution in [0.5, 0.6) is 0 Å². The number of rotatable bonds is 5. The van der Waals surface area contributed by atoms with Gasteiger partial charge in [-0.2, -0.15) is 0 Å². The van der Waals surface area contributed by atoms with E-state index in [0.29, 0.717) is 0 Å². The Morgan fingerprint density at radius 2 is 1.12 bits per heavy atom. The molecule has 2 heterocycles. The molecular weight excluding hydrogens is 777 g/mol. The van der Waals surface area contributed by atoms with Crippen molar-refractivity contribution in [2.75, 3.05) is 0 Å². The Kier molecular flexibility index (Phi) is 8.25. The van der Waals surface area contributed by atoms with E-state index in [0.717, 1.165) is 50.0 Å². The average molecular weight is 825 g/mol. The Morgan fingerprint density at radius 1 is 0.469 bits per heavy atom. The maximum Gasteiger partial charge on any atom is 0.145 e. The molecule has 3 aliphatic carbocycles. The predicted molar refractivity (Wildman–Crippen MR) is 265 cm³/mol. The number of allylic oxidation sites excluding steroid dienone is 1. The van der Waals surface area contributed by atoms with Gasteiger partial charge in [0.05, 0.1) is 5.71 Å². The number of fused-ring (bicyclic) bond motifs is 11. The minimum atomic E-state index is -0.227. The highest BCUT2D eigenvalue weighted by atomic mass is 16.3. The van der Waals surface area contributed by atoms with E-state index in [1.54, 1.807) is 5.56 Å². The van der Waals surface area contributed by atoms with Crippen LogP contribution in [0.1, 0.15) is 91.1 Å². The number of benzene rings is 8. The highest BCUT2D eigenvalue weighted by molar-refractivity contribution is 6.14. The topological polar surface area (TPSA) is 37.5 Å². The number of para-hydroxylation sites is 1. The van der Waals surface area contributed by atoms with Gasteiger partial charge in [-0.1, -0.05) is 167 Å². The first-order chi connectivity index (χ1) is 31.4. The zero-order chi connectivity index (χ0) is 42.6. The number of nitrogens with one attached hydrogen (secondary N) is 1. The highest BCUT2D eigenvalue weighted by Gasteiger charge is 2.46. The summed E-state index contributed by atoms with van der Waals surface area (Å²) < 4.78 is 6.30. The fourth-order valence-electron chi connectivity index (χ4n) is 11.8. The Bertz CT molecular complexity index is 3410. The van der Waals surface area contributed by atoms with E-state index in [9.17, 15) is 0 Å². The van der Waals surface area contributed by atoms with Crippen LogP contribution in [-0.4, -0.2) is 5.71 Å². The molecule has 1 fully saturated rings. The summed E-state index contributed by atoms with van der Waals surface area (Å²) in [6.45, 7) is 4.81. The molecule has 0 amide bonds. The van der Waals surface area contributed by atoms with Gasteiger partial charge in [0.1, 0.15) is 17.3 Å². The molecule has 1 N–H and O–H groups in total. The fourth-order valence-corrected chi connectivity index (χ4v) is 11.8. The Hall–Kier alpha value is -7.23. The van der Waals surface area contributed by atoms with E-state index in [4.69, 9.17) is 9.41 Å². The van der Waals surface area contributed by atoms with Crippen molar-refractivity contribution in [2.45, 2.75) is 62.9 Å². The normalized spacial score (nSPS) is 17.6. The largest absolute Gasteiger partial charge is 0.456 e. The third-order valence-corrected chi connectivity index (χ3v) is 15.1. The maximum atomic E-state index is 6.30. The zero-order valence-corrected chi connectivity index (χ0v) is 36.3.